The third-order valence-electron chi connectivity index (χ3n) is 2.75. The van der Waals surface area contributed by atoms with E-state index >= 15 is 0 Å². The van der Waals surface area contributed by atoms with Crippen molar-refractivity contribution in [3.05, 3.63) is 0 Å². The van der Waals surface area contributed by atoms with E-state index < -0.39 is 6.09 Å². The van der Waals surface area contributed by atoms with Crippen LogP contribution in [0.3, 0.4) is 0 Å². The number of rotatable bonds is 3. The van der Waals surface area contributed by atoms with Crippen LogP contribution in [0.5, 0.6) is 0 Å². The van der Waals surface area contributed by atoms with Crippen LogP contribution in [0.2, 0.25) is 0 Å². The van der Waals surface area contributed by atoms with Gasteiger partial charge in [0.2, 0.25) is 0 Å². The second-order valence-corrected chi connectivity index (χ2v) is 4.08. The van der Waals surface area contributed by atoms with Gasteiger partial charge in [0.1, 0.15) is 6.61 Å². The monoisotopic (exact) mass is 228 g/mol. The van der Waals surface area contributed by atoms with E-state index in [-0.39, 0.29) is 6.10 Å². The fraction of sp³-hybridized carbons (Fsp3) is 0.800. The van der Waals surface area contributed by atoms with E-state index in [1.54, 1.807) is 0 Å². The standard InChI is InChI=1S/C10H16N2O4/c13-10(14)12-5-8(6-12)11-16-7-9-3-1-2-4-15-9/h9H,1-7H2,(H,13,14). The van der Waals surface area contributed by atoms with Gasteiger partial charge in [-0.2, -0.15) is 0 Å². The number of likely N-dealkylation sites (tertiary alicyclic amines) is 1. The van der Waals surface area contributed by atoms with Gasteiger partial charge < -0.3 is 14.7 Å². The van der Waals surface area contributed by atoms with Gasteiger partial charge in [-0.3, -0.25) is 4.90 Å². The highest BCUT2D eigenvalue weighted by Crippen LogP contribution is 2.13. The Morgan fingerprint density at radius 2 is 2.38 bits per heavy atom. The Hall–Kier alpha value is -1.30. The van der Waals surface area contributed by atoms with Crippen LogP contribution in [0.25, 0.3) is 0 Å². The lowest BCUT2D eigenvalue weighted by molar-refractivity contribution is -0.0402. The van der Waals surface area contributed by atoms with Crippen molar-refractivity contribution in [1.29, 1.82) is 0 Å². The Kier molecular flexibility index (Phi) is 3.61. The van der Waals surface area contributed by atoms with Gasteiger partial charge in [0, 0.05) is 6.61 Å². The zero-order valence-corrected chi connectivity index (χ0v) is 9.09. The molecule has 1 atom stereocenters. The number of carboxylic acid groups (broad SMARTS) is 1. The summed E-state index contributed by atoms with van der Waals surface area (Å²) in [6.45, 7) is 2.00. The minimum atomic E-state index is -0.908. The van der Waals surface area contributed by atoms with Gasteiger partial charge in [0.05, 0.1) is 24.9 Å². The molecule has 1 amide bonds. The topological polar surface area (TPSA) is 71.4 Å². The van der Waals surface area contributed by atoms with Crippen molar-refractivity contribution >= 4 is 11.8 Å². The van der Waals surface area contributed by atoms with E-state index in [1.807, 2.05) is 0 Å². The lowest BCUT2D eigenvalue weighted by Crippen LogP contribution is -2.50. The summed E-state index contributed by atoms with van der Waals surface area (Å²) < 4.78 is 5.47. The molecule has 6 nitrogen and oxygen atoms in total. The average Bonchev–Trinajstić information content (AvgIpc) is 2.22. The van der Waals surface area contributed by atoms with Crippen LogP contribution in [0.4, 0.5) is 4.79 Å². The number of ether oxygens (including phenoxy) is 1. The third-order valence-corrected chi connectivity index (χ3v) is 2.75. The predicted molar refractivity (Wildman–Crippen MR) is 56.6 cm³/mol. The molecule has 0 aromatic rings. The Balaban J connectivity index is 1.61. The van der Waals surface area contributed by atoms with E-state index in [9.17, 15) is 4.79 Å². The second kappa shape index (κ2) is 5.16. The number of hydrogen-bond donors (Lipinski definition) is 1. The Labute approximate surface area is 93.8 Å². The number of amides is 1. The third kappa shape index (κ3) is 2.85. The molecule has 0 aromatic carbocycles. The summed E-state index contributed by atoms with van der Waals surface area (Å²) in [4.78, 5) is 16.9. The van der Waals surface area contributed by atoms with Gasteiger partial charge >= 0.3 is 6.09 Å². The molecule has 0 spiro atoms. The first kappa shape index (κ1) is 11.2. The van der Waals surface area contributed by atoms with E-state index in [0.29, 0.717) is 19.7 Å². The highest BCUT2D eigenvalue weighted by Gasteiger charge is 2.26. The minimum absolute atomic E-state index is 0.147. The SMILES string of the molecule is O=C(O)N1CC(=NOCC2CCCCO2)C1. The summed E-state index contributed by atoms with van der Waals surface area (Å²) in [7, 11) is 0. The lowest BCUT2D eigenvalue weighted by Gasteiger charge is -2.29. The van der Waals surface area contributed by atoms with E-state index in [4.69, 9.17) is 14.7 Å². The molecule has 1 N–H and O–H groups in total. The van der Waals surface area contributed by atoms with Crippen LogP contribution in [0.1, 0.15) is 19.3 Å². The average molecular weight is 228 g/mol. The van der Waals surface area contributed by atoms with Crippen LogP contribution in [-0.2, 0) is 9.57 Å². The molecule has 2 aliphatic rings. The van der Waals surface area contributed by atoms with E-state index in [2.05, 4.69) is 5.16 Å². The van der Waals surface area contributed by atoms with Crippen molar-refractivity contribution in [3.8, 4) is 0 Å². The Bertz CT molecular complexity index is 279. The highest BCUT2D eigenvalue weighted by atomic mass is 16.6. The zero-order chi connectivity index (χ0) is 11.4. The summed E-state index contributed by atoms with van der Waals surface area (Å²) >= 11 is 0. The summed E-state index contributed by atoms with van der Waals surface area (Å²) in [5, 5.41) is 12.5. The largest absolute Gasteiger partial charge is 0.465 e. The van der Waals surface area contributed by atoms with Gasteiger partial charge in [-0.1, -0.05) is 5.16 Å². The molecule has 16 heavy (non-hydrogen) atoms. The Morgan fingerprint density at radius 3 is 3.00 bits per heavy atom. The number of carbonyl (C=O) groups is 1. The first-order chi connectivity index (χ1) is 7.75. The summed E-state index contributed by atoms with van der Waals surface area (Å²) in [6, 6.07) is 0. The van der Waals surface area contributed by atoms with E-state index in [0.717, 1.165) is 25.2 Å². The molecule has 0 aromatic heterocycles. The molecule has 0 aliphatic carbocycles. The smallest absolute Gasteiger partial charge is 0.407 e. The van der Waals surface area contributed by atoms with Crippen molar-refractivity contribution in [2.45, 2.75) is 25.4 Å². The molecule has 2 rings (SSSR count). The van der Waals surface area contributed by atoms with Crippen molar-refractivity contribution in [2.75, 3.05) is 26.3 Å². The molecular weight excluding hydrogens is 212 g/mol. The van der Waals surface area contributed by atoms with Crippen LogP contribution in [0, 0.1) is 0 Å². The number of nitrogens with zero attached hydrogens (tertiary/aromatic N) is 2. The molecule has 2 saturated heterocycles. The van der Waals surface area contributed by atoms with E-state index in [1.165, 1.54) is 11.3 Å². The number of oxime groups is 1. The maximum atomic E-state index is 10.5. The zero-order valence-electron chi connectivity index (χ0n) is 9.09. The fourth-order valence-corrected chi connectivity index (χ4v) is 1.74. The first-order valence-corrected chi connectivity index (χ1v) is 5.53. The molecule has 0 bridgehead atoms. The summed E-state index contributed by atoms with van der Waals surface area (Å²) in [5.41, 5.74) is 0.776. The minimum Gasteiger partial charge on any atom is -0.465 e. The molecule has 2 fully saturated rings. The lowest BCUT2D eigenvalue weighted by atomic mass is 10.1. The first-order valence-electron chi connectivity index (χ1n) is 5.53. The Morgan fingerprint density at radius 1 is 1.56 bits per heavy atom. The van der Waals surface area contributed by atoms with Gasteiger partial charge in [0.15, 0.2) is 0 Å². The molecule has 90 valence electrons. The molecular formula is C10H16N2O4. The summed E-state index contributed by atoms with van der Waals surface area (Å²) in [6.07, 6.45) is 2.56. The highest BCUT2D eigenvalue weighted by molar-refractivity contribution is 5.97. The predicted octanol–water partition coefficient (Wildman–Crippen LogP) is 0.922. The molecule has 0 radical (unpaired) electrons. The maximum Gasteiger partial charge on any atom is 0.407 e. The molecule has 1 unspecified atom stereocenters. The van der Waals surface area contributed by atoms with Gasteiger partial charge in [0.25, 0.3) is 0 Å². The van der Waals surface area contributed by atoms with Crippen LogP contribution < -0.4 is 0 Å². The maximum absolute atomic E-state index is 10.5. The van der Waals surface area contributed by atoms with Crippen molar-refractivity contribution < 1.29 is 19.5 Å². The quantitative estimate of drug-likeness (QED) is 0.729. The molecule has 2 heterocycles. The van der Waals surface area contributed by atoms with Gasteiger partial charge in [-0.25, -0.2) is 4.79 Å². The van der Waals surface area contributed by atoms with Crippen LogP contribution in [0.15, 0.2) is 5.16 Å². The molecule has 6 heteroatoms. The van der Waals surface area contributed by atoms with Crippen molar-refractivity contribution in [1.82, 2.24) is 4.90 Å². The van der Waals surface area contributed by atoms with Crippen molar-refractivity contribution in [3.63, 3.8) is 0 Å². The van der Waals surface area contributed by atoms with Crippen molar-refractivity contribution in [2.24, 2.45) is 5.16 Å². The number of hydrogen-bond acceptors (Lipinski definition) is 4. The molecule has 0 saturated carbocycles. The normalized spacial score (nSPS) is 24.9. The van der Waals surface area contributed by atoms with Crippen LogP contribution in [-0.4, -0.2) is 54.2 Å². The second-order valence-electron chi connectivity index (χ2n) is 4.08. The fourth-order valence-electron chi connectivity index (χ4n) is 1.74. The van der Waals surface area contributed by atoms with Gasteiger partial charge in [-0.15, -0.1) is 0 Å². The summed E-state index contributed by atoms with van der Waals surface area (Å²) in [5.74, 6) is 0. The van der Waals surface area contributed by atoms with Crippen LogP contribution >= 0.6 is 0 Å². The van der Waals surface area contributed by atoms with Gasteiger partial charge in [-0.05, 0) is 19.3 Å². The molecule has 2 aliphatic heterocycles.